The van der Waals surface area contributed by atoms with Gasteiger partial charge in [0, 0.05) is 29.8 Å². The first-order chi connectivity index (χ1) is 10.2. The molecule has 0 aliphatic rings. The van der Waals surface area contributed by atoms with Crippen LogP contribution in [0.3, 0.4) is 0 Å². The lowest BCUT2D eigenvalue weighted by molar-refractivity contribution is 0.485. The summed E-state index contributed by atoms with van der Waals surface area (Å²) >= 11 is 3.61. The molecule has 1 N–H and O–H groups in total. The molecule has 0 heterocycles. The Kier molecular flexibility index (Phi) is 9.02. The van der Waals surface area contributed by atoms with Crippen LogP contribution in [0.4, 0.5) is 5.69 Å². The molecular formula is C18H31BrN2. The summed E-state index contributed by atoms with van der Waals surface area (Å²) in [5, 5.41) is 3.53. The number of anilines is 1. The third kappa shape index (κ3) is 5.99. The van der Waals surface area contributed by atoms with Crippen LogP contribution < -0.4 is 10.2 Å². The van der Waals surface area contributed by atoms with Crippen molar-refractivity contribution in [3.63, 3.8) is 0 Å². The molecule has 3 heteroatoms. The minimum Gasteiger partial charge on any atom is -0.371 e. The van der Waals surface area contributed by atoms with Crippen molar-refractivity contribution >= 4 is 21.6 Å². The molecule has 1 aromatic rings. The van der Waals surface area contributed by atoms with Crippen LogP contribution in [0.1, 0.15) is 52.5 Å². The largest absolute Gasteiger partial charge is 0.371 e. The van der Waals surface area contributed by atoms with Gasteiger partial charge in [0.15, 0.2) is 0 Å². The fourth-order valence-electron chi connectivity index (χ4n) is 2.66. The first-order valence-electron chi connectivity index (χ1n) is 8.40. The molecule has 21 heavy (non-hydrogen) atoms. The number of halogens is 1. The number of benzene rings is 1. The van der Waals surface area contributed by atoms with Crippen LogP contribution in [0.25, 0.3) is 0 Å². The van der Waals surface area contributed by atoms with E-state index in [4.69, 9.17) is 0 Å². The van der Waals surface area contributed by atoms with E-state index in [0.29, 0.717) is 0 Å². The van der Waals surface area contributed by atoms with Crippen LogP contribution in [0.15, 0.2) is 22.7 Å². The zero-order valence-electron chi connectivity index (χ0n) is 14.1. The predicted octanol–water partition coefficient (Wildman–Crippen LogP) is 5.21. The molecule has 0 aliphatic heterocycles. The van der Waals surface area contributed by atoms with Gasteiger partial charge in [-0.15, -0.1) is 0 Å². The summed E-state index contributed by atoms with van der Waals surface area (Å²) in [7, 11) is 0. The van der Waals surface area contributed by atoms with Gasteiger partial charge >= 0.3 is 0 Å². The van der Waals surface area contributed by atoms with E-state index in [1.165, 1.54) is 30.5 Å². The van der Waals surface area contributed by atoms with E-state index in [1.54, 1.807) is 0 Å². The third-order valence-electron chi connectivity index (χ3n) is 4.14. The van der Waals surface area contributed by atoms with Crippen molar-refractivity contribution in [2.24, 2.45) is 5.92 Å². The fraction of sp³-hybridized carbons (Fsp3) is 0.667. The van der Waals surface area contributed by atoms with Gasteiger partial charge in [-0.05, 0) is 49.6 Å². The van der Waals surface area contributed by atoms with E-state index in [2.05, 4.69) is 72.0 Å². The second-order valence-electron chi connectivity index (χ2n) is 5.67. The molecule has 0 saturated carbocycles. The summed E-state index contributed by atoms with van der Waals surface area (Å²) in [5.74, 6) is 0.782. The normalized spacial score (nSPS) is 11.1. The minimum atomic E-state index is 0.782. The molecule has 0 amide bonds. The molecule has 0 unspecified atom stereocenters. The maximum atomic E-state index is 3.61. The molecular weight excluding hydrogens is 324 g/mol. The number of hydrogen-bond donors (Lipinski definition) is 1. The second-order valence-corrected chi connectivity index (χ2v) is 6.59. The van der Waals surface area contributed by atoms with Crippen molar-refractivity contribution in [1.82, 2.24) is 5.32 Å². The predicted molar refractivity (Wildman–Crippen MR) is 98.1 cm³/mol. The smallest absolute Gasteiger partial charge is 0.0412 e. The van der Waals surface area contributed by atoms with E-state index in [-0.39, 0.29) is 0 Å². The van der Waals surface area contributed by atoms with Crippen molar-refractivity contribution in [2.45, 2.75) is 53.5 Å². The lowest BCUT2D eigenvalue weighted by Gasteiger charge is -2.29. The molecule has 1 rings (SSSR count). The zero-order chi connectivity index (χ0) is 15.7. The summed E-state index contributed by atoms with van der Waals surface area (Å²) in [6, 6.07) is 6.68. The van der Waals surface area contributed by atoms with E-state index < -0.39 is 0 Å². The van der Waals surface area contributed by atoms with Crippen LogP contribution in [-0.2, 0) is 6.54 Å². The maximum absolute atomic E-state index is 3.61. The summed E-state index contributed by atoms with van der Waals surface area (Å²) in [4.78, 5) is 2.53. The van der Waals surface area contributed by atoms with Gasteiger partial charge in [-0.3, -0.25) is 0 Å². The Bertz CT molecular complexity index is 402. The Morgan fingerprint density at radius 2 is 1.86 bits per heavy atom. The standard InChI is InChI=1S/C18H31BrN2/c1-5-11-20-13-16-12-17(19)9-10-18(16)21(8-4)14-15(6-2)7-3/h9-10,12,15,20H,5-8,11,13-14H2,1-4H3. The first-order valence-corrected chi connectivity index (χ1v) is 9.19. The second kappa shape index (κ2) is 10.2. The molecule has 120 valence electrons. The number of rotatable bonds is 10. The first kappa shape index (κ1) is 18.5. The summed E-state index contributed by atoms with van der Waals surface area (Å²) in [5.41, 5.74) is 2.78. The highest BCUT2D eigenvalue weighted by molar-refractivity contribution is 9.10. The highest BCUT2D eigenvalue weighted by atomic mass is 79.9. The zero-order valence-corrected chi connectivity index (χ0v) is 15.7. The van der Waals surface area contributed by atoms with Crippen LogP contribution in [0.2, 0.25) is 0 Å². The topological polar surface area (TPSA) is 15.3 Å². The average Bonchev–Trinajstić information content (AvgIpc) is 2.50. The monoisotopic (exact) mass is 354 g/mol. The van der Waals surface area contributed by atoms with Gasteiger partial charge in [-0.1, -0.05) is 49.5 Å². The van der Waals surface area contributed by atoms with Crippen LogP contribution >= 0.6 is 15.9 Å². The lowest BCUT2D eigenvalue weighted by Crippen LogP contribution is -2.30. The summed E-state index contributed by atoms with van der Waals surface area (Å²) in [6.07, 6.45) is 3.69. The van der Waals surface area contributed by atoms with Gasteiger partial charge < -0.3 is 10.2 Å². The minimum absolute atomic E-state index is 0.782. The molecule has 0 aromatic heterocycles. The molecule has 1 aromatic carbocycles. The Morgan fingerprint density at radius 1 is 1.14 bits per heavy atom. The SMILES string of the molecule is CCCNCc1cc(Br)ccc1N(CC)CC(CC)CC. The van der Waals surface area contributed by atoms with E-state index >= 15 is 0 Å². The quantitative estimate of drug-likeness (QED) is 0.580. The van der Waals surface area contributed by atoms with Gasteiger partial charge in [-0.25, -0.2) is 0 Å². The highest BCUT2D eigenvalue weighted by Crippen LogP contribution is 2.26. The van der Waals surface area contributed by atoms with Crippen molar-refractivity contribution in [3.05, 3.63) is 28.2 Å². The molecule has 0 saturated heterocycles. The van der Waals surface area contributed by atoms with Crippen LogP contribution in [-0.4, -0.2) is 19.6 Å². The van der Waals surface area contributed by atoms with Crippen molar-refractivity contribution < 1.29 is 0 Å². The molecule has 0 aliphatic carbocycles. The lowest BCUT2D eigenvalue weighted by atomic mass is 10.0. The number of nitrogens with one attached hydrogen (secondary N) is 1. The summed E-state index contributed by atoms with van der Waals surface area (Å²) < 4.78 is 1.16. The Balaban J connectivity index is 2.90. The molecule has 0 atom stereocenters. The van der Waals surface area contributed by atoms with Gasteiger partial charge in [0.05, 0.1) is 0 Å². The van der Waals surface area contributed by atoms with Crippen molar-refractivity contribution in [2.75, 3.05) is 24.5 Å². The van der Waals surface area contributed by atoms with Gasteiger partial charge in [0.1, 0.15) is 0 Å². The molecule has 0 bridgehead atoms. The van der Waals surface area contributed by atoms with E-state index in [0.717, 1.165) is 36.6 Å². The number of nitrogens with zero attached hydrogens (tertiary/aromatic N) is 1. The third-order valence-corrected chi connectivity index (χ3v) is 4.63. The molecule has 0 spiro atoms. The average molecular weight is 355 g/mol. The van der Waals surface area contributed by atoms with E-state index in [1.807, 2.05) is 0 Å². The fourth-order valence-corrected chi connectivity index (χ4v) is 3.07. The maximum Gasteiger partial charge on any atom is 0.0412 e. The van der Waals surface area contributed by atoms with Crippen molar-refractivity contribution in [1.29, 1.82) is 0 Å². The Hall–Kier alpha value is -0.540. The molecule has 2 nitrogen and oxygen atoms in total. The van der Waals surface area contributed by atoms with Gasteiger partial charge in [0.2, 0.25) is 0 Å². The number of hydrogen-bond acceptors (Lipinski definition) is 2. The highest BCUT2D eigenvalue weighted by Gasteiger charge is 2.14. The molecule has 0 radical (unpaired) electrons. The van der Waals surface area contributed by atoms with Gasteiger partial charge in [-0.2, -0.15) is 0 Å². The Morgan fingerprint density at radius 3 is 2.43 bits per heavy atom. The Labute approximate surface area is 139 Å². The van der Waals surface area contributed by atoms with Crippen molar-refractivity contribution in [3.8, 4) is 0 Å². The summed E-state index contributed by atoms with van der Waals surface area (Å²) in [6.45, 7) is 13.3. The van der Waals surface area contributed by atoms with Crippen LogP contribution in [0, 0.1) is 5.92 Å². The van der Waals surface area contributed by atoms with Gasteiger partial charge in [0.25, 0.3) is 0 Å². The van der Waals surface area contributed by atoms with Crippen LogP contribution in [0.5, 0.6) is 0 Å². The van der Waals surface area contributed by atoms with E-state index in [9.17, 15) is 0 Å². The molecule has 0 fully saturated rings.